The lowest BCUT2D eigenvalue weighted by Gasteiger charge is -2.38. The first-order valence-corrected chi connectivity index (χ1v) is 12.6. The number of nitrogens with zero attached hydrogens (tertiary/aromatic N) is 6. The van der Waals surface area contributed by atoms with E-state index in [-0.39, 0.29) is 29.5 Å². The van der Waals surface area contributed by atoms with Crippen LogP contribution in [0.15, 0.2) is 54.7 Å². The number of piperazine rings is 1. The van der Waals surface area contributed by atoms with E-state index in [1.807, 2.05) is 29.2 Å². The van der Waals surface area contributed by atoms with E-state index in [9.17, 15) is 14.0 Å². The lowest BCUT2D eigenvalue weighted by Crippen LogP contribution is -2.53. The zero-order chi connectivity index (χ0) is 25.9. The topological polar surface area (TPSA) is 83.8 Å². The molecule has 2 fully saturated rings. The fourth-order valence-electron chi connectivity index (χ4n) is 5.03. The third-order valence-corrected chi connectivity index (χ3v) is 7.28. The summed E-state index contributed by atoms with van der Waals surface area (Å²) in [6.45, 7) is 3.69. The van der Waals surface area contributed by atoms with Gasteiger partial charge in [-0.05, 0) is 48.4 Å². The van der Waals surface area contributed by atoms with Crippen LogP contribution in [-0.2, 0) is 16.1 Å². The molecule has 0 radical (unpaired) electrons. The molecule has 37 heavy (non-hydrogen) atoms. The minimum Gasteiger partial charge on any atom is -0.464 e. The predicted molar refractivity (Wildman–Crippen MR) is 136 cm³/mol. The van der Waals surface area contributed by atoms with Crippen molar-refractivity contribution in [1.29, 1.82) is 0 Å². The number of hydrogen-bond donors (Lipinski definition) is 0. The Morgan fingerprint density at radius 3 is 2.43 bits per heavy atom. The molecule has 1 aromatic heterocycles. The summed E-state index contributed by atoms with van der Waals surface area (Å²) in [7, 11) is 1.30. The average molecular weight is 527 g/mol. The maximum atomic E-state index is 13.8. The van der Waals surface area contributed by atoms with Crippen molar-refractivity contribution in [3.63, 3.8) is 0 Å². The monoisotopic (exact) mass is 526 g/mol. The van der Waals surface area contributed by atoms with Gasteiger partial charge in [-0.3, -0.25) is 9.69 Å². The van der Waals surface area contributed by atoms with Gasteiger partial charge in [0.2, 0.25) is 5.91 Å². The number of esters is 1. The van der Waals surface area contributed by atoms with Crippen molar-refractivity contribution in [2.24, 2.45) is 0 Å². The molecule has 3 aromatic rings. The quantitative estimate of drug-likeness (QED) is 0.456. The SMILES string of the molecule is COC(=O)c1cn([C@H]2C[C@@H](C(=O)N3CCN(c4ccc(F)cc4)CC3)N(Cc3ccc(Cl)cc3)C2)nn1. The van der Waals surface area contributed by atoms with Crippen LogP contribution in [0.4, 0.5) is 10.1 Å². The Morgan fingerprint density at radius 2 is 1.76 bits per heavy atom. The van der Waals surface area contributed by atoms with E-state index in [4.69, 9.17) is 16.3 Å². The Bertz CT molecular complexity index is 1240. The molecule has 2 atom stereocenters. The van der Waals surface area contributed by atoms with E-state index in [1.165, 1.54) is 19.2 Å². The van der Waals surface area contributed by atoms with E-state index in [0.717, 1.165) is 11.3 Å². The summed E-state index contributed by atoms with van der Waals surface area (Å²) >= 11 is 6.06. The van der Waals surface area contributed by atoms with Gasteiger partial charge in [0.15, 0.2) is 5.69 Å². The number of likely N-dealkylation sites (tertiary alicyclic amines) is 1. The predicted octanol–water partition coefficient (Wildman–Crippen LogP) is 3.02. The summed E-state index contributed by atoms with van der Waals surface area (Å²) < 4.78 is 19.7. The standard InChI is InChI=1S/C26H28ClFN6O3/c1-37-26(36)23-17-34(30-29-23)22-14-24(33(16-22)15-18-2-4-19(27)5-3-18)25(35)32-12-10-31(11-13-32)21-8-6-20(28)7-9-21/h2-9,17,22,24H,10-16H2,1H3/t22-,24-/m0/s1. The van der Waals surface area contributed by atoms with Crippen molar-refractivity contribution in [2.75, 3.05) is 44.7 Å². The van der Waals surface area contributed by atoms with E-state index < -0.39 is 5.97 Å². The summed E-state index contributed by atoms with van der Waals surface area (Å²) in [6.07, 6.45) is 2.12. The molecule has 194 valence electrons. The maximum Gasteiger partial charge on any atom is 0.360 e. The maximum absolute atomic E-state index is 13.8. The number of carbonyl (C=O) groups is 2. The molecule has 9 nitrogen and oxygen atoms in total. The first-order valence-electron chi connectivity index (χ1n) is 12.2. The molecule has 0 spiro atoms. The van der Waals surface area contributed by atoms with Gasteiger partial charge in [0.05, 0.1) is 25.4 Å². The van der Waals surface area contributed by atoms with E-state index >= 15 is 0 Å². The second-order valence-electron chi connectivity index (χ2n) is 9.33. The summed E-state index contributed by atoms with van der Waals surface area (Å²) in [5.74, 6) is -0.738. The number of amides is 1. The molecule has 11 heteroatoms. The van der Waals surface area contributed by atoms with Gasteiger partial charge in [0, 0.05) is 50.0 Å². The van der Waals surface area contributed by atoms with Gasteiger partial charge in [-0.2, -0.15) is 0 Å². The zero-order valence-electron chi connectivity index (χ0n) is 20.5. The average Bonchev–Trinajstić information content (AvgIpc) is 3.57. The van der Waals surface area contributed by atoms with Crippen LogP contribution < -0.4 is 4.90 Å². The van der Waals surface area contributed by atoms with Crippen molar-refractivity contribution >= 4 is 29.2 Å². The molecule has 2 aromatic carbocycles. The molecule has 0 bridgehead atoms. The van der Waals surface area contributed by atoms with Crippen LogP contribution >= 0.6 is 11.6 Å². The molecule has 0 N–H and O–H groups in total. The number of aromatic nitrogens is 3. The third-order valence-electron chi connectivity index (χ3n) is 7.03. The highest BCUT2D eigenvalue weighted by Gasteiger charge is 2.40. The highest BCUT2D eigenvalue weighted by atomic mass is 35.5. The fourth-order valence-corrected chi connectivity index (χ4v) is 5.15. The van der Waals surface area contributed by atoms with Crippen molar-refractivity contribution in [1.82, 2.24) is 24.8 Å². The Labute approximate surface area is 219 Å². The molecule has 5 rings (SSSR count). The number of benzene rings is 2. The number of hydrogen-bond acceptors (Lipinski definition) is 7. The Morgan fingerprint density at radius 1 is 1.05 bits per heavy atom. The smallest absolute Gasteiger partial charge is 0.360 e. The number of carbonyl (C=O) groups excluding carboxylic acids is 2. The zero-order valence-corrected chi connectivity index (χ0v) is 21.2. The van der Waals surface area contributed by atoms with Crippen LogP contribution in [0.1, 0.15) is 28.5 Å². The molecule has 0 saturated carbocycles. The normalized spacial score (nSPS) is 20.3. The molecule has 2 aliphatic heterocycles. The first-order chi connectivity index (χ1) is 17.9. The van der Waals surface area contributed by atoms with Crippen LogP contribution in [0.2, 0.25) is 5.02 Å². The van der Waals surface area contributed by atoms with E-state index in [0.29, 0.717) is 50.7 Å². The van der Waals surface area contributed by atoms with Crippen LogP contribution in [0.5, 0.6) is 0 Å². The second kappa shape index (κ2) is 10.9. The molecule has 1 amide bonds. The van der Waals surface area contributed by atoms with Crippen LogP contribution in [-0.4, -0.2) is 82.5 Å². The summed E-state index contributed by atoms with van der Waals surface area (Å²) in [4.78, 5) is 31.8. The summed E-state index contributed by atoms with van der Waals surface area (Å²) in [5, 5.41) is 8.73. The van der Waals surface area contributed by atoms with Gasteiger partial charge in [0.25, 0.3) is 0 Å². The molecule has 3 heterocycles. The van der Waals surface area contributed by atoms with Crippen molar-refractivity contribution < 1.29 is 18.7 Å². The van der Waals surface area contributed by atoms with Gasteiger partial charge in [0.1, 0.15) is 5.82 Å². The molecular formula is C26H28ClFN6O3. The first kappa shape index (κ1) is 25.2. The second-order valence-corrected chi connectivity index (χ2v) is 9.76. The van der Waals surface area contributed by atoms with Crippen LogP contribution in [0.3, 0.4) is 0 Å². The van der Waals surface area contributed by atoms with Gasteiger partial charge >= 0.3 is 5.97 Å². The van der Waals surface area contributed by atoms with Gasteiger partial charge in [-0.25, -0.2) is 13.9 Å². The third kappa shape index (κ3) is 5.60. The van der Waals surface area contributed by atoms with Crippen molar-refractivity contribution in [3.8, 4) is 0 Å². The van der Waals surface area contributed by atoms with Gasteiger partial charge < -0.3 is 14.5 Å². The minimum atomic E-state index is -0.547. The van der Waals surface area contributed by atoms with Crippen LogP contribution in [0, 0.1) is 5.82 Å². The van der Waals surface area contributed by atoms with Gasteiger partial charge in [-0.1, -0.05) is 28.9 Å². The highest BCUT2D eigenvalue weighted by Crippen LogP contribution is 2.30. The van der Waals surface area contributed by atoms with E-state index in [1.54, 1.807) is 23.0 Å². The Balaban J connectivity index is 1.30. The summed E-state index contributed by atoms with van der Waals surface area (Å²) in [5.41, 5.74) is 2.14. The number of methoxy groups -OCH3 is 1. The van der Waals surface area contributed by atoms with Gasteiger partial charge in [-0.15, -0.1) is 5.10 Å². The molecule has 2 aliphatic rings. The molecule has 0 unspecified atom stereocenters. The number of anilines is 1. The van der Waals surface area contributed by atoms with Crippen LogP contribution in [0.25, 0.3) is 0 Å². The number of rotatable bonds is 6. The van der Waals surface area contributed by atoms with Crippen molar-refractivity contribution in [3.05, 3.63) is 76.8 Å². The largest absolute Gasteiger partial charge is 0.464 e. The number of halogens is 2. The Hall–Kier alpha value is -3.50. The Kier molecular flexibility index (Phi) is 7.38. The fraction of sp³-hybridized carbons (Fsp3) is 0.385. The summed E-state index contributed by atoms with van der Waals surface area (Å²) in [6, 6.07) is 13.6. The highest BCUT2D eigenvalue weighted by molar-refractivity contribution is 6.30. The minimum absolute atomic E-state index is 0.0727. The van der Waals surface area contributed by atoms with E-state index in [2.05, 4.69) is 20.1 Å². The molecule has 0 aliphatic carbocycles. The lowest BCUT2D eigenvalue weighted by molar-refractivity contribution is -0.136. The van der Waals surface area contributed by atoms with Crippen molar-refractivity contribution in [2.45, 2.75) is 25.0 Å². The molecule has 2 saturated heterocycles. The molecular weight excluding hydrogens is 499 g/mol. The number of ether oxygens (including phenoxy) is 1. The lowest BCUT2D eigenvalue weighted by atomic mass is 10.1.